The first kappa shape index (κ1) is 12.6. The van der Waals surface area contributed by atoms with E-state index in [0.29, 0.717) is 5.92 Å². The Morgan fingerprint density at radius 1 is 1.12 bits per heavy atom. The van der Waals surface area contributed by atoms with Crippen LogP contribution in [-0.4, -0.2) is 18.3 Å². The number of benzene rings is 1. The summed E-state index contributed by atoms with van der Waals surface area (Å²) in [5.41, 5.74) is 1.08. The van der Waals surface area contributed by atoms with Crippen LogP contribution in [0.25, 0.3) is 0 Å². The molecule has 0 bridgehead atoms. The van der Waals surface area contributed by atoms with Gasteiger partial charge in [-0.05, 0) is 24.3 Å². The lowest BCUT2D eigenvalue weighted by Gasteiger charge is -2.31. The second kappa shape index (κ2) is 6.18. The number of hydrogen-bond acceptors (Lipinski definition) is 2. The molecule has 0 radical (unpaired) electrons. The topological polar surface area (TPSA) is 29.5 Å². The van der Waals surface area contributed by atoms with Gasteiger partial charge in [0.25, 0.3) is 0 Å². The zero-order valence-corrected chi connectivity index (χ0v) is 10.5. The standard InChI is InChI=1S/C15H22O2/c1-17-15(13-10-6-3-7-11-13)14(16)12-8-4-2-5-9-12/h3,6-7,10-12,14-16H,2,4-5,8-9H2,1H3. The molecule has 2 nitrogen and oxygen atoms in total. The minimum atomic E-state index is -0.373. The Bertz CT molecular complexity index is 317. The molecule has 2 rings (SSSR count). The second-order valence-corrected chi connectivity index (χ2v) is 4.96. The summed E-state index contributed by atoms with van der Waals surface area (Å²) in [6.45, 7) is 0. The Morgan fingerprint density at radius 3 is 2.35 bits per heavy atom. The molecule has 2 heteroatoms. The molecule has 1 aliphatic carbocycles. The fraction of sp³-hybridized carbons (Fsp3) is 0.600. The van der Waals surface area contributed by atoms with Crippen molar-refractivity contribution in [3.05, 3.63) is 35.9 Å². The van der Waals surface area contributed by atoms with Crippen LogP contribution in [0.2, 0.25) is 0 Å². The van der Waals surface area contributed by atoms with Crippen LogP contribution in [0.4, 0.5) is 0 Å². The zero-order chi connectivity index (χ0) is 12.1. The predicted molar refractivity (Wildman–Crippen MR) is 68.8 cm³/mol. The quantitative estimate of drug-likeness (QED) is 0.866. The summed E-state index contributed by atoms with van der Waals surface area (Å²) in [6, 6.07) is 10.0. The Balaban J connectivity index is 2.07. The van der Waals surface area contributed by atoms with Gasteiger partial charge in [-0.1, -0.05) is 49.6 Å². The molecule has 17 heavy (non-hydrogen) atoms. The molecule has 1 N–H and O–H groups in total. The van der Waals surface area contributed by atoms with Crippen molar-refractivity contribution in [3.63, 3.8) is 0 Å². The van der Waals surface area contributed by atoms with Crippen molar-refractivity contribution in [2.75, 3.05) is 7.11 Å². The molecule has 1 aliphatic rings. The fourth-order valence-electron chi connectivity index (χ4n) is 2.84. The van der Waals surface area contributed by atoms with E-state index in [1.807, 2.05) is 30.3 Å². The molecule has 1 saturated carbocycles. The first-order valence-electron chi connectivity index (χ1n) is 6.58. The van der Waals surface area contributed by atoms with Crippen molar-refractivity contribution in [1.82, 2.24) is 0 Å². The van der Waals surface area contributed by atoms with Crippen LogP contribution in [0.1, 0.15) is 43.8 Å². The average Bonchev–Trinajstić information content (AvgIpc) is 2.42. The van der Waals surface area contributed by atoms with E-state index in [4.69, 9.17) is 4.74 Å². The van der Waals surface area contributed by atoms with Gasteiger partial charge in [-0.15, -0.1) is 0 Å². The van der Waals surface area contributed by atoms with Gasteiger partial charge < -0.3 is 9.84 Å². The summed E-state index contributed by atoms with van der Waals surface area (Å²) in [5.74, 6) is 0.397. The lowest BCUT2D eigenvalue weighted by Crippen LogP contribution is -2.30. The summed E-state index contributed by atoms with van der Waals surface area (Å²) < 4.78 is 5.50. The van der Waals surface area contributed by atoms with Crippen molar-refractivity contribution in [3.8, 4) is 0 Å². The lowest BCUT2D eigenvalue weighted by molar-refractivity contribution is -0.0513. The van der Waals surface area contributed by atoms with Gasteiger partial charge in [0.1, 0.15) is 6.10 Å². The minimum Gasteiger partial charge on any atom is -0.390 e. The molecule has 0 aliphatic heterocycles. The van der Waals surface area contributed by atoms with E-state index in [-0.39, 0.29) is 12.2 Å². The van der Waals surface area contributed by atoms with E-state index in [0.717, 1.165) is 18.4 Å². The highest BCUT2D eigenvalue weighted by Crippen LogP contribution is 2.33. The van der Waals surface area contributed by atoms with Gasteiger partial charge in [-0.3, -0.25) is 0 Å². The second-order valence-electron chi connectivity index (χ2n) is 4.96. The molecule has 94 valence electrons. The lowest BCUT2D eigenvalue weighted by atomic mass is 9.82. The van der Waals surface area contributed by atoms with E-state index in [1.165, 1.54) is 19.3 Å². The van der Waals surface area contributed by atoms with E-state index < -0.39 is 0 Å². The molecule has 1 aromatic rings. The molecule has 0 saturated heterocycles. The molecule has 1 aromatic carbocycles. The fourth-order valence-corrected chi connectivity index (χ4v) is 2.84. The van der Waals surface area contributed by atoms with Crippen molar-refractivity contribution in [2.45, 2.75) is 44.3 Å². The number of ether oxygens (including phenoxy) is 1. The van der Waals surface area contributed by atoms with Crippen molar-refractivity contribution in [1.29, 1.82) is 0 Å². The third kappa shape index (κ3) is 3.08. The number of hydrogen-bond donors (Lipinski definition) is 1. The highest BCUT2D eigenvalue weighted by atomic mass is 16.5. The monoisotopic (exact) mass is 234 g/mol. The molecule has 2 atom stereocenters. The Kier molecular flexibility index (Phi) is 4.57. The van der Waals surface area contributed by atoms with Gasteiger partial charge in [0.05, 0.1) is 6.10 Å². The van der Waals surface area contributed by atoms with E-state index in [2.05, 4.69) is 0 Å². The Hall–Kier alpha value is -0.860. The van der Waals surface area contributed by atoms with E-state index >= 15 is 0 Å². The zero-order valence-electron chi connectivity index (χ0n) is 10.5. The number of aliphatic hydroxyl groups is 1. The van der Waals surface area contributed by atoms with Crippen LogP contribution in [0.15, 0.2) is 30.3 Å². The summed E-state index contributed by atoms with van der Waals surface area (Å²) >= 11 is 0. The van der Waals surface area contributed by atoms with E-state index in [1.54, 1.807) is 7.11 Å². The smallest absolute Gasteiger partial charge is 0.108 e. The maximum atomic E-state index is 10.5. The minimum absolute atomic E-state index is 0.181. The Labute approximate surface area is 104 Å². The molecule has 1 fully saturated rings. The molecular formula is C15H22O2. The van der Waals surface area contributed by atoms with Gasteiger partial charge in [-0.25, -0.2) is 0 Å². The molecule has 0 aromatic heterocycles. The van der Waals surface area contributed by atoms with Gasteiger partial charge in [-0.2, -0.15) is 0 Å². The summed E-state index contributed by atoms with van der Waals surface area (Å²) in [5, 5.41) is 10.5. The van der Waals surface area contributed by atoms with Crippen LogP contribution in [0.3, 0.4) is 0 Å². The van der Waals surface area contributed by atoms with Gasteiger partial charge in [0.2, 0.25) is 0 Å². The number of rotatable bonds is 4. The van der Waals surface area contributed by atoms with Crippen molar-refractivity contribution in [2.24, 2.45) is 5.92 Å². The van der Waals surface area contributed by atoms with Gasteiger partial charge >= 0.3 is 0 Å². The summed E-state index contributed by atoms with van der Waals surface area (Å²) in [4.78, 5) is 0. The van der Waals surface area contributed by atoms with Crippen LogP contribution in [0.5, 0.6) is 0 Å². The highest BCUT2D eigenvalue weighted by molar-refractivity contribution is 5.19. The van der Waals surface area contributed by atoms with Crippen LogP contribution >= 0.6 is 0 Å². The summed E-state index contributed by atoms with van der Waals surface area (Å²) in [6.07, 6.45) is 5.51. The van der Waals surface area contributed by atoms with Crippen molar-refractivity contribution < 1.29 is 9.84 Å². The van der Waals surface area contributed by atoms with Crippen LogP contribution in [-0.2, 0) is 4.74 Å². The largest absolute Gasteiger partial charge is 0.390 e. The first-order valence-corrected chi connectivity index (χ1v) is 6.58. The number of methoxy groups -OCH3 is 1. The van der Waals surface area contributed by atoms with Gasteiger partial charge in [0.15, 0.2) is 0 Å². The van der Waals surface area contributed by atoms with Gasteiger partial charge in [0, 0.05) is 7.11 Å². The maximum absolute atomic E-state index is 10.5. The molecule has 2 unspecified atom stereocenters. The molecular weight excluding hydrogens is 212 g/mol. The number of aliphatic hydroxyl groups excluding tert-OH is 1. The normalized spacial score (nSPS) is 21.1. The molecule has 0 amide bonds. The predicted octanol–water partition coefficient (Wildman–Crippen LogP) is 3.32. The third-order valence-corrected chi connectivity index (χ3v) is 3.83. The highest BCUT2D eigenvalue weighted by Gasteiger charge is 2.29. The maximum Gasteiger partial charge on any atom is 0.108 e. The first-order chi connectivity index (χ1) is 8.33. The van der Waals surface area contributed by atoms with Crippen LogP contribution < -0.4 is 0 Å². The van der Waals surface area contributed by atoms with Crippen LogP contribution in [0, 0.1) is 5.92 Å². The third-order valence-electron chi connectivity index (χ3n) is 3.83. The van der Waals surface area contributed by atoms with Crippen molar-refractivity contribution >= 4 is 0 Å². The molecule has 0 heterocycles. The van der Waals surface area contributed by atoms with E-state index in [9.17, 15) is 5.11 Å². The molecule has 0 spiro atoms. The summed E-state index contributed by atoms with van der Waals surface area (Å²) in [7, 11) is 1.68. The SMILES string of the molecule is COC(c1ccccc1)C(O)C1CCCCC1. The Morgan fingerprint density at radius 2 is 1.76 bits per heavy atom. The average molecular weight is 234 g/mol.